The first-order valence-corrected chi connectivity index (χ1v) is 5.99. The van der Waals surface area contributed by atoms with Crippen molar-refractivity contribution >= 4 is 34.0 Å². The standard InChI is InChI=1S/C10H14O3S2/c1-7(2)9(11)14-6-5-13-15-10(12)8(3)4/h1,3,5-6H2,2,4H3. The lowest BCUT2D eigenvalue weighted by molar-refractivity contribution is -0.108. The van der Waals surface area contributed by atoms with Crippen LogP contribution in [0.4, 0.5) is 0 Å². The first-order valence-electron chi connectivity index (χ1n) is 4.27. The molecule has 0 N–H and O–H groups in total. The molecule has 84 valence electrons. The minimum absolute atomic E-state index is 0.0465. The molecule has 0 fully saturated rings. The maximum atomic E-state index is 11.1. The van der Waals surface area contributed by atoms with E-state index in [2.05, 4.69) is 13.2 Å². The average Bonchev–Trinajstić information content (AvgIpc) is 2.16. The Hall–Kier alpha value is -0.520. The smallest absolute Gasteiger partial charge is 0.241 e. The molecular weight excluding hydrogens is 232 g/mol. The molecular formula is C10H14O3S2. The second-order valence-corrected chi connectivity index (χ2v) is 4.73. The van der Waals surface area contributed by atoms with E-state index in [1.165, 1.54) is 0 Å². The van der Waals surface area contributed by atoms with Crippen LogP contribution in [0.3, 0.4) is 0 Å². The first-order chi connectivity index (χ1) is 6.95. The van der Waals surface area contributed by atoms with Gasteiger partial charge in [0.05, 0.1) is 18.6 Å². The third kappa shape index (κ3) is 7.41. The summed E-state index contributed by atoms with van der Waals surface area (Å²) in [7, 11) is 0. The Balaban J connectivity index is 3.48. The van der Waals surface area contributed by atoms with Crippen molar-refractivity contribution in [2.75, 3.05) is 12.4 Å². The molecule has 0 aliphatic carbocycles. The van der Waals surface area contributed by atoms with Gasteiger partial charge in [0.2, 0.25) is 10.2 Å². The van der Waals surface area contributed by atoms with E-state index in [1.54, 1.807) is 13.8 Å². The molecule has 0 aromatic heterocycles. The highest BCUT2D eigenvalue weighted by Crippen LogP contribution is 2.13. The number of rotatable bonds is 6. The van der Waals surface area contributed by atoms with E-state index in [-0.39, 0.29) is 10.2 Å². The third-order valence-electron chi connectivity index (χ3n) is 1.23. The van der Waals surface area contributed by atoms with Crippen LogP contribution in [0.25, 0.3) is 0 Å². The van der Waals surface area contributed by atoms with Gasteiger partial charge in [-0.05, 0) is 25.0 Å². The molecule has 15 heavy (non-hydrogen) atoms. The number of thioether (sulfide) groups is 1. The quantitative estimate of drug-likeness (QED) is 0.409. The van der Waals surface area contributed by atoms with Crippen LogP contribution in [0.5, 0.6) is 0 Å². The number of carbonyl (C=O) groups is 2. The summed E-state index contributed by atoms with van der Waals surface area (Å²) >= 11 is 1.89. The number of hydrogen-bond donors (Lipinski definition) is 0. The molecule has 0 saturated heterocycles. The second kappa shape index (κ2) is 7.73. The fourth-order valence-electron chi connectivity index (χ4n) is 0.458. The van der Waals surface area contributed by atoms with E-state index in [1.807, 2.05) is 0 Å². The summed E-state index contributed by atoms with van der Waals surface area (Å²) in [6.45, 7) is 10.6. The van der Waals surface area contributed by atoms with Crippen molar-refractivity contribution < 1.29 is 13.8 Å². The molecule has 0 heterocycles. The third-order valence-corrected chi connectivity index (χ3v) is 3.00. The Bertz CT molecular complexity index is 256. The molecule has 0 aromatic rings. The molecule has 0 aromatic carbocycles. The van der Waals surface area contributed by atoms with Crippen molar-refractivity contribution in [3.05, 3.63) is 24.3 Å². The zero-order valence-corrected chi connectivity index (χ0v) is 10.5. The second-order valence-electron chi connectivity index (χ2n) is 2.89. The van der Waals surface area contributed by atoms with Crippen molar-refractivity contribution in [1.29, 1.82) is 0 Å². The maximum Gasteiger partial charge on any atom is 0.241 e. The summed E-state index contributed by atoms with van der Waals surface area (Å²) in [6, 6.07) is 0. The molecule has 0 rings (SSSR count). The van der Waals surface area contributed by atoms with Crippen LogP contribution >= 0.6 is 23.8 Å². The van der Waals surface area contributed by atoms with Gasteiger partial charge in [0.25, 0.3) is 0 Å². The SMILES string of the molecule is C=C(C)C(=O)SCCOSC(=O)C(=C)C. The van der Waals surface area contributed by atoms with Crippen molar-refractivity contribution in [2.45, 2.75) is 13.8 Å². The van der Waals surface area contributed by atoms with Gasteiger partial charge >= 0.3 is 0 Å². The summed E-state index contributed by atoms with van der Waals surface area (Å²) in [5.41, 5.74) is 0.969. The van der Waals surface area contributed by atoms with E-state index in [0.717, 1.165) is 23.8 Å². The Labute approximate surface area is 98.5 Å². The van der Waals surface area contributed by atoms with Crippen molar-refractivity contribution in [1.82, 2.24) is 0 Å². The summed E-state index contributed by atoms with van der Waals surface area (Å²) in [6.07, 6.45) is 0. The van der Waals surface area contributed by atoms with Crippen molar-refractivity contribution in [2.24, 2.45) is 0 Å². The van der Waals surface area contributed by atoms with Crippen LogP contribution in [0.1, 0.15) is 13.8 Å². The predicted molar refractivity (Wildman–Crippen MR) is 65.6 cm³/mol. The zero-order valence-electron chi connectivity index (χ0n) is 8.87. The molecule has 3 nitrogen and oxygen atoms in total. The molecule has 0 spiro atoms. The lowest BCUT2D eigenvalue weighted by Crippen LogP contribution is -2.00. The van der Waals surface area contributed by atoms with Gasteiger partial charge in [0.1, 0.15) is 0 Å². The predicted octanol–water partition coefficient (Wildman–Crippen LogP) is 2.59. The van der Waals surface area contributed by atoms with E-state index in [4.69, 9.17) is 4.18 Å². The van der Waals surface area contributed by atoms with Crippen LogP contribution in [0.2, 0.25) is 0 Å². The van der Waals surface area contributed by atoms with Gasteiger partial charge in [-0.1, -0.05) is 24.9 Å². The Morgan fingerprint density at radius 2 is 1.67 bits per heavy atom. The average molecular weight is 246 g/mol. The van der Waals surface area contributed by atoms with E-state index < -0.39 is 0 Å². The highest BCUT2D eigenvalue weighted by atomic mass is 32.2. The molecule has 0 radical (unpaired) electrons. The maximum absolute atomic E-state index is 11.1. The summed E-state index contributed by atoms with van der Waals surface area (Å²) in [5, 5.41) is -0.235. The van der Waals surface area contributed by atoms with Gasteiger partial charge in [-0.15, -0.1) is 0 Å². The van der Waals surface area contributed by atoms with Crippen LogP contribution in [-0.2, 0) is 13.8 Å². The van der Waals surface area contributed by atoms with Crippen molar-refractivity contribution in [3.8, 4) is 0 Å². The summed E-state index contributed by atoms with van der Waals surface area (Å²) in [4.78, 5) is 22.1. The van der Waals surface area contributed by atoms with Crippen LogP contribution < -0.4 is 0 Å². The van der Waals surface area contributed by atoms with Gasteiger partial charge in [-0.25, -0.2) is 0 Å². The fraction of sp³-hybridized carbons (Fsp3) is 0.400. The lowest BCUT2D eigenvalue weighted by Gasteiger charge is -2.01. The highest BCUT2D eigenvalue weighted by molar-refractivity contribution is 8.14. The Morgan fingerprint density at radius 3 is 2.13 bits per heavy atom. The largest absolute Gasteiger partial charge is 0.307 e. The van der Waals surface area contributed by atoms with Crippen LogP contribution in [-0.4, -0.2) is 22.6 Å². The normalized spacial score (nSPS) is 9.73. The molecule has 0 amide bonds. The minimum atomic E-state index is -0.189. The minimum Gasteiger partial charge on any atom is -0.307 e. The van der Waals surface area contributed by atoms with E-state index >= 15 is 0 Å². The number of hydrogen-bond acceptors (Lipinski definition) is 5. The Kier molecular flexibility index (Phi) is 7.46. The molecule has 0 saturated carbocycles. The van der Waals surface area contributed by atoms with Gasteiger partial charge in [0, 0.05) is 5.75 Å². The molecule has 0 unspecified atom stereocenters. The van der Waals surface area contributed by atoms with Gasteiger partial charge < -0.3 is 4.18 Å². The first kappa shape index (κ1) is 14.5. The van der Waals surface area contributed by atoms with Gasteiger partial charge in [-0.2, -0.15) is 0 Å². The monoisotopic (exact) mass is 246 g/mol. The Morgan fingerprint density at radius 1 is 1.13 bits per heavy atom. The molecule has 0 aliphatic heterocycles. The lowest BCUT2D eigenvalue weighted by atomic mass is 10.4. The topological polar surface area (TPSA) is 43.4 Å². The molecule has 0 aliphatic rings. The molecule has 5 heteroatoms. The number of carbonyl (C=O) groups excluding carboxylic acids is 2. The van der Waals surface area contributed by atoms with Gasteiger partial charge in [0.15, 0.2) is 0 Å². The van der Waals surface area contributed by atoms with Crippen molar-refractivity contribution in [3.63, 3.8) is 0 Å². The van der Waals surface area contributed by atoms with Crippen LogP contribution in [0.15, 0.2) is 24.3 Å². The van der Waals surface area contributed by atoms with Gasteiger partial charge in [-0.3, -0.25) is 9.59 Å². The summed E-state index contributed by atoms with van der Waals surface area (Å²) in [5.74, 6) is 0.516. The fourth-order valence-corrected chi connectivity index (χ4v) is 1.58. The van der Waals surface area contributed by atoms with Crippen LogP contribution in [0, 0.1) is 0 Å². The molecule has 0 atom stereocenters. The highest BCUT2D eigenvalue weighted by Gasteiger charge is 2.05. The van der Waals surface area contributed by atoms with E-state index in [0.29, 0.717) is 23.5 Å². The molecule has 0 bridgehead atoms. The van der Waals surface area contributed by atoms with E-state index in [9.17, 15) is 9.59 Å². The summed E-state index contributed by atoms with van der Waals surface area (Å²) < 4.78 is 4.99. The zero-order chi connectivity index (χ0) is 11.8.